The summed E-state index contributed by atoms with van der Waals surface area (Å²) in [6.45, 7) is 2.42. The Hall–Kier alpha value is -2.86. The molecular weight excluding hydrogens is 410 g/mol. The monoisotopic (exact) mass is 427 g/mol. The molecule has 0 aromatic heterocycles. The van der Waals surface area contributed by atoms with Gasteiger partial charge >= 0.3 is 5.97 Å². The van der Waals surface area contributed by atoms with Gasteiger partial charge in [0.2, 0.25) is 5.90 Å². The van der Waals surface area contributed by atoms with E-state index in [2.05, 4.69) is 20.9 Å². The van der Waals surface area contributed by atoms with Crippen LogP contribution < -0.4 is 9.47 Å². The molecule has 2 aromatic rings. The number of aliphatic imine (C=N–C) groups is 1. The van der Waals surface area contributed by atoms with E-state index in [1.807, 2.05) is 49.4 Å². The van der Waals surface area contributed by atoms with Gasteiger partial charge in [0.25, 0.3) is 0 Å². The Morgan fingerprint density at radius 1 is 1.15 bits per heavy atom. The summed E-state index contributed by atoms with van der Waals surface area (Å²) in [7, 11) is 1.57. The van der Waals surface area contributed by atoms with Crippen molar-refractivity contribution in [3.63, 3.8) is 0 Å². The number of esters is 1. The molecule has 0 fully saturated rings. The molecule has 1 aliphatic heterocycles. The van der Waals surface area contributed by atoms with Gasteiger partial charge in [0.15, 0.2) is 17.2 Å². The van der Waals surface area contributed by atoms with Gasteiger partial charge < -0.3 is 14.2 Å². The van der Waals surface area contributed by atoms with E-state index in [0.29, 0.717) is 18.1 Å². The first-order valence-electron chi connectivity index (χ1n) is 8.36. The Balaban J connectivity index is 1.86. The van der Waals surface area contributed by atoms with Crippen molar-refractivity contribution in [1.29, 1.82) is 0 Å². The minimum absolute atomic E-state index is 0.223. The summed E-state index contributed by atoms with van der Waals surface area (Å²) in [6.07, 6.45) is 5.16. The predicted octanol–water partition coefficient (Wildman–Crippen LogP) is 4.87. The van der Waals surface area contributed by atoms with Gasteiger partial charge in [-0.1, -0.05) is 30.3 Å². The average molecular weight is 428 g/mol. The zero-order chi connectivity index (χ0) is 19.2. The van der Waals surface area contributed by atoms with Crippen molar-refractivity contribution in [3.05, 3.63) is 69.8 Å². The third kappa shape index (κ3) is 4.65. The number of carbonyl (C=O) groups excluding carboxylic acids is 1. The fourth-order valence-electron chi connectivity index (χ4n) is 2.49. The van der Waals surface area contributed by atoms with E-state index in [4.69, 9.17) is 14.2 Å². The molecule has 3 rings (SSSR count). The smallest absolute Gasteiger partial charge is 0.363 e. The number of nitrogens with zero attached hydrogens (tertiary/aromatic N) is 1. The molecule has 0 aliphatic carbocycles. The third-order valence-electron chi connectivity index (χ3n) is 3.70. The number of cyclic esters (lactones) is 1. The largest absolute Gasteiger partial charge is 0.493 e. The highest BCUT2D eigenvalue weighted by atomic mass is 79.9. The normalized spacial score (nSPS) is 15.1. The average Bonchev–Trinajstić information content (AvgIpc) is 3.02. The second-order valence-corrected chi connectivity index (χ2v) is 6.43. The van der Waals surface area contributed by atoms with E-state index in [1.165, 1.54) is 0 Å². The van der Waals surface area contributed by atoms with Gasteiger partial charge in [0, 0.05) is 6.08 Å². The molecule has 2 aromatic carbocycles. The SMILES string of the molecule is CCOc1c(Br)cc(C=C2N=C(C=Cc3ccccc3)OC2=O)cc1OC. The molecular formula is C21H18BrNO4. The number of benzene rings is 2. The van der Waals surface area contributed by atoms with Crippen LogP contribution in [0.15, 0.2) is 63.7 Å². The lowest BCUT2D eigenvalue weighted by molar-refractivity contribution is -0.129. The third-order valence-corrected chi connectivity index (χ3v) is 4.29. The highest BCUT2D eigenvalue weighted by Gasteiger charge is 2.21. The topological polar surface area (TPSA) is 57.1 Å². The van der Waals surface area contributed by atoms with Gasteiger partial charge in [-0.2, -0.15) is 0 Å². The maximum atomic E-state index is 12.1. The van der Waals surface area contributed by atoms with Crippen molar-refractivity contribution in [2.24, 2.45) is 4.99 Å². The Bertz CT molecular complexity index is 933. The van der Waals surface area contributed by atoms with Crippen molar-refractivity contribution in [3.8, 4) is 11.5 Å². The summed E-state index contributed by atoms with van der Waals surface area (Å²) in [6, 6.07) is 13.3. The maximum Gasteiger partial charge on any atom is 0.363 e. The lowest BCUT2D eigenvalue weighted by Crippen LogP contribution is -2.01. The first-order valence-corrected chi connectivity index (χ1v) is 9.16. The molecule has 0 unspecified atom stereocenters. The molecule has 27 heavy (non-hydrogen) atoms. The molecule has 0 saturated heterocycles. The molecule has 5 nitrogen and oxygen atoms in total. The lowest BCUT2D eigenvalue weighted by Gasteiger charge is -2.12. The first kappa shape index (κ1) is 18.9. The molecule has 1 aliphatic rings. The van der Waals surface area contributed by atoms with Gasteiger partial charge in [0.1, 0.15) is 0 Å². The van der Waals surface area contributed by atoms with Crippen LogP contribution in [0.4, 0.5) is 0 Å². The van der Waals surface area contributed by atoms with Crippen molar-refractivity contribution in [2.45, 2.75) is 6.92 Å². The molecule has 0 radical (unpaired) electrons. The zero-order valence-electron chi connectivity index (χ0n) is 14.9. The summed E-state index contributed by atoms with van der Waals surface area (Å²) in [4.78, 5) is 16.4. The number of hydrogen-bond donors (Lipinski definition) is 0. The van der Waals surface area contributed by atoms with E-state index in [9.17, 15) is 4.79 Å². The van der Waals surface area contributed by atoms with E-state index in [0.717, 1.165) is 15.6 Å². The Morgan fingerprint density at radius 3 is 2.63 bits per heavy atom. The summed E-state index contributed by atoms with van der Waals surface area (Å²) < 4.78 is 16.9. The van der Waals surface area contributed by atoms with Gasteiger partial charge in [0.05, 0.1) is 18.2 Å². The number of carbonyl (C=O) groups is 1. The quantitative estimate of drug-likeness (QED) is 0.487. The van der Waals surface area contributed by atoms with E-state index in [-0.39, 0.29) is 11.6 Å². The Labute approximate surface area is 166 Å². The zero-order valence-corrected chi connectivity index (χ0v) is 16.5. The molecule has 0 bridgehead atoms. The molecule has 6 heteroatoms. The van der Waals surface area contributed by atoms with Crippen molar-refractivity contribution < 1.29 is 19.0 Å². The van der Waals surface area contributed by atoms with Gasteiger partial charge in [-0.3, -0.25) is 0 Å². The van der Waals surface area contributed by atoms with E-state index < -0.39 is 5.97 Å². The summed E-state index contributed by atoms with van der Waals surface area (Å²) in [5, 5.41) is 0. The van der Waals surface area contributed by atoms with Crippen LogP contribution in [0.25, 0.3) is 12.2 Å². The van der Waals surface area contributed by atoms with E-state index in [1.54, 1.807) is 25.3 Å². The number of hydrogen-bond acceptors (Lipinski definition) is 5. The Morgan fingerprint density at radius 2 is 1.93 bits per heavy atom. The van der Waals surface area contributed by atoms with Crippen LogP contribution in [0, 0.1) is 0 Å². The fraction of sp³-hybridized carbons (Fsp3) is 0.143. The standard InChI is InChI=1S/C21H18BrNO4/c1-3-26-20-16(22)11-15(13-18(20)25-2)12-17-21(24)27-19(23-17)10-9-14-7-5-4-6-8-14/h4-13H,3H2,1-2H3. The van der Waals surface area contributed by atoms with Gasteiger partial charge in [-0.05, 0) is 58.3 Å². The summed E-state index contributed by atoms with van der Waals surface area (Å²) in [5.41, 5.74) is 1.96. The first-order chi connectivity index (χ1) is 13.1. The van der Waals surface area contributed by atoms with Crippen LogP contribution in [0.3, 0.4) is 0 Å². The second kappa shape index (κ2) is 8.68. The highest BCUT2D eigenvalue weighted by molar-refractivity contribution is 9.10. The number of ether oxygens (including phenoxy) is 3. The van der Waals surface area contributed by atoms with Crippen LogP contribution in [-0.4, -0.2) is 25.6 Å². The predicted molar refractivity (Wildman–Crippen MR) is 109 cm³/mol. The van der Waals surface area contributed by atoms with Crippen molar-refractivity contribution >= 4 is 39.9 Å². The highest BCUT2D eigenvalue weighted by Crippen LogP contribution is 2.37. The summed E-state index contributed by atoms with van der Waals surface area (Å²) in [5.74, 6) is 0.947. The van der Waals surface area contributed by atoms with Gasteiger partial charge in [-0.25, -0.2) is 9.79 Å². The van der Waals surface area contributed by atoms with Crippen molar-refractivity contribution in [2.75, 3.05) is 13.7 Å². The molecule has 1 heterocycles. The minimum Gasteiger partial charge on any atom is -0.493 e. The summed E-state index contributed by atoms with van der Waals surface area (Å²) >= 11 is 3.47. The van der Waals surface area contributed by atoms with Crippen molar-refractivity contribution in [1.82, 2.24) is 0 Å². The molecule has 0 amide bonds. The molecule has 0 N–H and O–H groups in total. The van der Waals surface area contributed by atoms with E-state index >= 15 is 0 Å². The van der Waals surface area contributed by atoms with Crippen LogP contribution >= 0.6 is 15.9 Å². The fourth-order valence-corrected chi connectivity index (χ4v) is 3.07. The van der Waals surface area contributed by atoms with Crippen LogP contribution in [0.1, 0.15) is 18.1 Å². The second-order valence-electron chi connectivity index (χ2n) is 5.58. The lowest BCUT2D eigenvalue weighted by atomic mass is 10.1. The van der Waals surface area contributed by atoms with Gasteiger partial charge in [-0.15, -0.1) is 0 Å². The number of rotatable bonds is 6. The number of methoxy groups -OCH3 is 1. The van der Waals surface area contributed by atoms with Crippen LogP contribution in [0.2, 0.25) is 0 Å². The maximum absolute atomic E-state index is 12.1. The van der Waals surface area contributed by atoms with Crippen LogP contribution in [-0.2, 0) is 9.53 Å². The molecule has 0 atom stereocenters. The molecule has 0 saturated carbocycles. The number of halogens is 1. The Kier molecular flexibility index (Phi) is 6.08. The molecule has 0 spiro atoms. The molecule has 138 valence electrons. The van der Waals surface area contributed by atoms with Crippen LogP contribution in [0.5, 0.6) is 11.5 Å². The minimum atomic E-state index is -0.494.